The summed E-state index contributed by atoms with van der Waals surface area (Å²) in [6.45, 7) is 14.1. The van der Waals surface area contributed by atoms with Crippen LogP contribution in [0.3, 0.4) is 0 Å². The van der Waals surface area contributed by atoms with Crippen LogP contribution < -0.4 is 0 Å². The molecule has 0 heterocycles. The topological polar surface area (TPSA) is 89.9 Å². The van der Waals surface area contributed by atoms with E-state index in [1.54, 1.807) is 12.2 Å². The molecule has 0 saturated carbocycles. The third kappa shape index (κ3) is 6.35. The highest BCUT2D eigenvalue weighted by Crippen LogP contribution is 2.47. The molecule has 0 aromatic rings. The predicted molar refractivity (Wildman–Crippen MR) is 107 cm³/mol. The summed E-state index contributed by atoms with van der Waals surface area (Å²) >= 11 is 0. The summed E-state index contributed by atoms with van der Waals surface area (Å²) in [7, 11) is 0. The second-order valence-corrected chi connectivity index (χ2v) is 10.1. The molecule has 6 heteroatoms. The van der Waals surface area contributed by atoms with E-state index in [1.165, 1.54) is 0 Å². The van der Waals surface area contributed by atoms with E-state index >= 15 is 0 Å². The fourth-order valence-corrected chi connectivity index (χ4v) is 3.59. The number of rotatable bonds is 7. The zero-order valence-electron chi connectivity index (χ0n) is 18.3. The summed E-state index contributed by atoms with van der Waals surface area (Å²) in [6, 6.07) is 0. The lowest BCUT2D eigenvalue weighted by Gasteiger charge is -2.43. The maximum atomic E-state index is 12.8. The van der Waals surface area contributed by atoms with Gasteiger partial charge in [-0.2, -0.15) is 0 Å². The normalized spacial score (nSPS) is 22.2. The van der Waals surface area contributed by atoms with Crippen LogP contribution in [0.15, 0.2) is 12.2 Å². The smallest absolute Gasteiger partial charge is 0.312 e. The number of hydrogen-bond acceptors (Lipinski definition) is 5. The molecule has 0 aromatic carbocycles. The average Bonchev–Trinajstić information content (AvgIpc) is 2.55. The van der Waals surface area contributed by atoms with Crippen molar-refractivity contribution in [2.24, 2.45) is 28.1 Å². The molecule has 0 radical (unpaired) electrons. The van der Waals surface area contributed by atoms with Crippen molar-refractivity contribution in [1.29, 1.82) is 0 Å². The van der Waals surface area contributed by atoms with Crippen LogP contribution in [0.25, 0.3) is 0 Å². The lowest BCUT2D eigenvalue weighted by Crippen LogP contribution is -2.44. The Balaban J connectivity index is 2.62. The van der Waals surface area contributed by atoms with Gasteiger partial charge in [0.25, 0.3) is 0 Å². The van der Waals surface area contributed by atoms with Gasteiger partial charge in [-0.05, 0) is 37.0 Å². The van der Waals surface area contributed by atoms with E-state index in [0.717, 1.165) is 0 Å². The van der Waals surface area contributed by atoms with Gasteiger partial charge in [-0.15, -0.1) is 0 Å². The first kappa shape index (κ1) is 24.2. The van der Waals surface area contributed by atoms with E-state index in [1.807, 2.05) is 27.7 Å². The van der Waals surface area contributed by atoms with Crippen LogP contribution in [0.2, 0.25) is 0 Å². The van der Waals surface area contributed by atoms with Crippen LogP contribution >= 0.6 is 0 Å². The van der Waals surface area contributed by atoms with Crippen LogP contribution in [0.1, 0.15) is 67.7 Å². The van der Waals surface area contributed by atoms with E-state index in [4.69, 9.17) is 9.47 Å². The third-order valence-electron chi connectivity index (χ3n) is 5.60. The highest BCUT2D eigenvalue weighted by Gasteiger charge is 2.47. The van der Waals surface area contributed by atoms with Crippen LogP contribution in [-0.2, 0) is 23.9 Å². The number of allylic oxidation sites excluding steroid dienone is 2. The van der Waals surface area contributed by atoms with E-state index in [9.17, 15) is 19.5 Å². The number of carbonyl (C=O) groups excluding carboxylic acids is 2. The first-order valence-corrected chi connectivity index (χ1v) is 9.91. The van der Waals surface area contributed by atoms with Crippen LogP contribution in [0.4, 0.5) is 0 Å². The second-order valence-electron chi connectivity index (χ2n) is 10.1. The van der Waals surface area contributed by atoms with Gasteiger partial charge in [0, 0.05) is 0 Å². The lowest BCUT2D eigenvalue weighted by atomic mass is 9.61. The van der Waals surface area contributed by atoms with Crippen LogP contribution in [0.5, 0.6) is 0 Å². The SMILES string of the molecule is CC(C)(C)CC(C)(C(=O)OCCOC(=O)C1CC=CCC1C(=O)O)C(C)(C)C. The van der Waals surface area contributed by atoms with Crippen LogP contribution in [-0.4, -0.2) is 36.2 Å². The van der Waals surface area contributed by atoms with Gasteiger partial charge in [0.15, 0.2) is 0 Å². The fourth-order valence-electron chi connectivity index (χ4n) is 3.59. The standard InChI is InChI=1S/C22H36O6/c1-20(2,3)14-22(7,21(4,5)6)19(26)28-13-12-27-18(25)16-11-9-8-10-15(16)17(23)24/h8-9,15-16H,10-14H2,1-7H3,(H,23,24). The number of aliphatic carboxylic acids is 1. The molecule has 0 aliphatic heterocycles. The molecule has 0 saturated heterocycles. The van der Waals surface area contributed by atoms with Gasteiger partial charge in [-0.25, -0.2) is 0 Å². The molecule has 3 atom stereocenters. The van der Waals surface area contributed by atoms with E-state index in [-0.39, 0.29) is 30.0 Å². The van der Waals surface area contributed by atoms with E-state index in [2.05, 4.69) is 20.8 Å². The average molecular weight is 397 g/mol. The molecule has 28 heavy (non-hydrogen) atoms. The quantitative estimate of drug-likeness (QED) is 0.393. The van der Waals surface area contributed by atoms with Gasteiger partial charge in [-0.1, -0.05) is 53.7 Å². The molecular formula is C22H36O6. The number of carboxylic acid groups (broad SMARTS) is 1. The highest BCUT2D eigenvalue weighted by atomic mass is 16.6. The number of carboxylic acids is 1. The highest BCUT2D eigenvalue weighted by molar-refractivity contribution is 5.82. The van der Waals surface area contributed by atoms with Gasteiger partial charge < -0.3 is 14.6 Å². The Morgan fingerprint density at radius 3 is 1.86 bits per heavy atom. The zero-order chi connectivity index (χ0) is 21.8. The maximum Gasteiger partial charge on any atom is 0.312 e. The third-order valence-corrected chi connectivity index (χ3v) is 5.60. The first-order valence-electron chi connectivity index (χ1n) is 9.91. The summed E-state index contributed by atoms with van der Waals surface area (Å²) in [4.78, 5) is 36.4. The molecule has 0 amide bonds. The predicted octanol–water partition coefficient (Wildman–Crippen LogP) is 4.23. The molecule has 0 fully saturated rings. The number of ether oxygens (including phenoxy) is 2. The minimum absolute atomic E-state index is 0.0410. The van der Waals surface area contributed by atoms with Crippen molar-refractivity contribution in [1.82, 2.24) is 0 Å². The van der Waals surface area contributed by atoms with Crippen LogP contribution in [0, 0.1) is 28.1 Å². The molecule has 1 aliphatic rings. The first-order chi connectivity index (χ1) is 12.7. The van der Waals surface area contributed by atoms with Crippen molar-refractivity contribution in [3.05, 3.63) is 12.2 Å². The van der Waals surface area contributed by atoms with Crippen molar-refractivity contribution in [3.8, 4) is 0 Å². The van der Waals surface area contributed by atoms with Gasteiger partial charge in [0.2, 0.25) is 0 Å². The Morgan fingerprint density at radius 2 is 1.39 bits per heavy atom. The van der Waals surface area contributed by atoms with Crippen molar-refractivity contribution in [3.63, 3.8) is 0 Å². The minimum Gasteiger partial charge on any atom is -0.481 e. The molecule has 1 aliphatic carbocycles. The largest absolute Gasteiger partial charge is 0.481 e. The Hall–Kier alpha value is -1.85. The summed E-state index contributed by atoms with van der Waals surface area (Å²) in [5.41, 5.74) is -1.02. The number of carbonyl (C=O) groups is 3. The minimum atomic E-state index is -0.999. The van der Waals surface area contributed by atoms with Crippen molar-refractivity contribution < 1.29 is 29.0 Å². The molecule has 1 N–H and O–H groups in total. The van der Waals surface area contributed by atoms with Gasteiger partial charge in [0.05, 0.1) is 17.3 Å². The van der Waals surface area contributed by atoms with Crippen molar-refractivity contribution in [2.45, 2.75) is 67.7 Å². The van der Waals surface area contributed by atoms with Gasteiger partial charge in [0.1, 0.15) is 13.2 Å². The summed E-state index contributed by atoms with van der Waals surface area (Å²) in [6.07, 6.45) is 4.90. The zero-order valence-corrected chi connectivity index (χ0v) is 18.3. The molecule has 1 rings (SSSR count). The Morgan fingerprint density at radius 1 is 0.893 bits per heavy atom. The Kier molecular flexibility index (Phi) is 7.86. The Bertz CT molecular complexity index is 607. The van der Waals surface area contributed by atoms with Crippen molar-refractivity contribution in [2.75, 3.05) is 13.2 Å². The Labute approximate surface area is 168 Å². The molecular weight excluding hydrogens is 360 g/mol. The maximum absolute atomic E-state index is 12.8. The van der Waals surface area contributed by atoms with E-state index < -0.39 is 29.2 Å². The lowest BCUT2D eigenvalue weighted by molar-refractivity contribution is -0.169. The van der Waals surface area contributed by atoms with Gasteiger partial charge >= 0.3 is 17.9 Å². The number of hydrogen-bond donors (Lipinski definition) is 1. The van der Waals surface area contributed by atoms with Gasteiger partial charge in [-0.3, -0.25) is 14.4 Å². The summed E-state index contributed by atoms with van der Waals surface area (Å²) < 4.78 is 10.6. The second kappa shape index (κ2) is 9.10. The molecule has 3 unspecified atom stereocenters. The molecule has 0 spiro atoms. The monoisotopic (exact) mass is 396 g/mol. The molecule has 0 aromatic heterocycles. The summed E-state index contributed by atoms with van der Waals surface area (Å²) in [5, 5.41) is 9.25. The number of esters is 2. The molecule has 0 bridgehead atoms. The molecule has 6 nitrogen and oxygen atoms in total. The van der Waals surface area contributed by atoms with Crippen molar-refractivity contribution >= 4 is 17.9 Å². The molecule has 160 valence electrons. The fraction of sp³-hybridized carbons (Fsp3) is 0.773. The summed E-state index contributed by atoms with van der Waals surface area (Å²) in [5.74, 6) is -3.33. The van der Waals surface area contributed by atoms with E-state index in [0.29, 0.717) is 19.3 Å².